The van der Waals surface area contributed by atoms with E-state index in [0.717, 1.165) is 32.1 Å². The van der Waals surface area contributed by atoms with Gasteiger partial charge in [0, 0.05) is 6.42 Å². The molecular weight excluding hydrogens is 238 g/mol. The van der Waals surface area contributed by atoms with E-state index in [4.69, 9.17) is 10.5 Å². The molecule has 19 heavy (non-hydrogen) atoms. The number of hydrogen-bond acceptors (Lipinski definition) is 3. The molecule has 2 N–H and O–H groups in total. The first-order valence-corrected chi connectivity index (χ1v) is 7.72. The second-order valence-corrected chi connectivity index (χ2v) is 7.29. The molecule has 1 rings (SSSR count). The van der Waals surface area contributed by atoms with Crippen molar-refractivity contribution >= 4 is 5.97 Å². The molecule has 0 aromatic carbocycles. The van der Waals surface area contributed by atoms with E-state index in [-0.39, 0.29) is 18.0 Å². The molecule has 0 amide bonds. The Bertz CT molecular complexity index is 276. The molecule has 1 fully saturated rings. The Labute approximate surface area is 118 Å². The lowest BCUT2D eigenvalue weighted by Crippen LogP contribution is -2.29. The van der Waals surface area contributed by atoms with Gasteiger partial charge in [-0.05, 0) is 55.9 Å². The van der Waals surface area contributed by atoms with E-state index in [1.807, 2.05) is 0 Å². The molecule has 1 aliphatic rings. The van der Waals surface area contributed by atoms with Crippen molar-refractivity contribution in [1.82, 2.24) is 0 Å². The van der Waals surface area contributed by atoms with Crippen LogP contribution in [0.3, 0.4) is 0 Å². The minimum Gasteiger partial charge on any atom is -0.462 e. The molecule has 0 bridgehead atoms. The van der Waals surface area contributed by atoms with Crippen molar-refractivity contribution in [2.24, 2.45) is 23.0 Å². The Balaban J connectivity index is 2.31. The number of hydrogen-bond donors (Lipinski definition) is 1. The average molecular weight is 269 g/mol. The average Bonchev–Trinajstić information content (AvgIpc) is 2.30. The Hall–Kier alpha value is -0.570. The van der Waals surface area contributed by atoms with Crippen LogP contribution in [0.4, 0.5) is 0 Å². The first-order chi connectivity index (χ1) is 8.82. The third kappa shape index (κ3) is 6.42. The van der Waals surface area contributed by atoms with E-state index in [0.29, 0.717) is 24.3 Å². The van der Waals surface area contributed by atoms with Crippen molar-refractivity contribution in [3.8, 4) is 0 Å². The lowest BCUT2D eigenvalue weighted by molar-refractivity contribution is -0.152. The van der Waals surface area contributed by atoms with Gasteiger partial charge in [0.1, 0.15) is 6.10 Å². The minimum absolute atomic E-state index is 0.0548. The van der Waals surface area contributed by atoms with Crippen LogP contribution in [0.1, 0.15) is 66.2 Å². The predicted molar refractivity (Wildman–Crippen MR) is 78.7 cm³/mol. The zero-order chi connectivity index (χ0) is 14.5. The summed E-state index contributed by atoms with van der Waals surface area (Å²) in [6, 6.07) is 0. The Morgan fingerprint density at radius 1 is 1.32 bits per heavy atom. The summed E-state index contributed by atoms with van der Waals surface area (Å²) in [5.74, 6) is 0.796. The van der Waals surface area contributed by atoms with Crippen LogP contribution < -0.4 is 5.73 Å². The summed E-state index contributed by atoms with van der Waals surface area (Å²) in [5, 5.41) is 0. The van der Waals surface area contributed by atoms with Gasteiger partial charge in [-0.25, -0.2) is 0 Å². The fourth-order valence-electron chi connectivity index (χ4n) is 2.89. The zero-order valence-corrected chi connectivity index (χ0v) is 13.1. The van der Waals surface area contributed by atoms with Crippen molar-refractivity contribution in [3.05, 3.63) is 0 Å². The third-order valence-corrected chi connectivity index (χ3v) is 4.18. The number of nitrogens with two attached hydrogens (primary N) is 1. The van der Waals surface area contributed by atoms with E-state index in [1.165, 1.54) is 0 Å². The SMILES string of the molecule is CC(C)CC(CN)CC(=O)OC1CCC(C)(C)CC1. The van der Waals surface area contributed by atoms with E-state index in [9.17, 15) is 4.79 Å². The summed E-state index contributed by atoms with van der Waals surface area (Å²) in [6.45, 7) is 9.48. The zero-order valence-electron chi connectivity index (χ0n) is 13.1. The normalized spacial score (nSPS) is 21.4. The maximum atomic E-state index is 11.9. The van der Waals surface area contributed by atoms with E-state index >= 15 is 0 Å². The smallest absolute Gasteiger partial charge is 0.306 e. The van der Waals surface area contributed by atoms with Crippen LogP contribution >= 0.6 is 0 Å². The van der Waals surface area contributed by atoms with Gasteiger partial charge in [0.2, 0.25) is 0 Å². The largest absolute Gasteiger partial charge is 0.462 e. The molecular formula is C16H31NO2. The van der Waals surface area contributed by atoms with Crippen LogP contribution in [0.25, 0.3) is 0 Å². The molecule has 0 aliphatic heterocycles. The molecule has 1 aliphatic carbocycles. The number of ether oxygens (including phenoxy) is 1. The summed E-state index contributed by atoms with van der Waals surface area (Å²) in [6.07, 6.45) is 5.94. The van der Waals surface area contributed by atoms with E-state index in [1.54, 1.807) is 0 Å². The number of carbonyl (C=O) groups is 1. The molecule has 1 unspecified atom stereocenters. The molecule has 0 aromatic heterocycles. The van der Waals surface area contributed by atoms with Crippen molar-refractivity contribution < 1.29 is 9.53 Å². The van der Waals surface area contributed by atoms with E-state index < -0.39 is 0 Å². The van der Waals surface area contributed by atoms with Crippen molar-refractivity contribution in [3.63, 3.8) is 0 Å². The van der Waals surface area contributed by atoms with Gasteiger partial charge in [0.15, 0.2) is 0 Å². The molecule has 1 atom stereocenters. The third-order valence-electron chi connectivity index (χ3n) is 4.18. The van der Waals surface area contributed by atoms with Gasteiger partial charge in [0.05, 0.1) is 0 Å². The quantitative estimate of drug-likeness (QED) is 0.751. The summed E-state index contributed by atoms with van der Waals surface area (Å²) in [4.78, 5) is 11.9. The Morgan fingerprint density at radius 3 is 2.37 bits per heavy atom. The van der Waals surface area contributed by atoms with Gasteiger partial charge >= 0.3 is 5.97 Å². The second kappa shape index (κ2) is 7.28. The Kier molecular flexibility index (Phi) is 6.31. The highest BCUT2D eigenvalue weighted by atomic mass is 16.5. The maximum absolute atomic E-state index is 11.9. The predicted octanol–water partition coefficient (Wildman–Crippen LogP) is 3.51. The first-order valence-electron chi connectivity index (χ1n) is 7.72. The van der Waals surface area contributed by atoms with Crippen LogP contribution in [0, 0.1) is 17.3 Å². The molecule has 0 saturated heterocycles. The molecule has 112 valence electrons. The highest BCUT2D eigenvalue weighted by Crippen LogP contribution is 2.36. The molecule has 0 heterocycles. The standard InChI is InChI=1S/C16H31NO2/c1-12(2)9-13(11-17)10-15(18)19-14-5-7-16(3,4)8-6-14/h12-14H,5-11,17H2,1-4H3. The van der Waals surface area contributed by atoms with Crippen molar-refractivity contribution in [1.29, 1.82) is 0 Å². The molecule has 1 saturated carbocycles. The van der Waals surface area contributed by atoms with Crippen LogP contribution in [0.2, 0.25) is 0 Å². The highest BCUT2D eigenvalue weighted by molar-refractivity contribution is 5.69. The fraction of sp³-hybridized carbons (Fsp3) is 0.938. The molecule has 0 spiro atoms. The molecule has 3 nitrogen and oxygen atoms in total. The molecule has 0 radical (unpaired) electrons. The van der Waals surface area contributed by atoms with Gasteiger partial charge in [0.25, 0.3) is 0 Å². The number of carbonyl (C=O) groups excluding carboxylic acids is 1. The lowest BCUT2D eigenvalue weighted by atomic mass is 9.76. The molecule has 0 aromatic rings. The summed E-state index contributed by atoms with van der Waals surface area (Å²) >= 11 is 0. The highest BCUT2D eigenvalue weighted by Gasteiger charge is 2.29. The topological polar surface area (TPSA) is 52.3 Å². The van der Waals surface area contributed by atoms with Gasteiger partial charge < -0.3 is 10.5 Å². The number of rotatable bonds is 6. The Morgan fingerprint density at radius 2 is 1.89 bits per heavy atom. The lowest BCUT2D eigenvalue weighted by Gasteiger charge is -2.34. The van der Waals surface area contributed by atoms with E-state index in [2.05, 4.69) is 27.7 Å². The van der Waals surface area contributed by atoms with Gasteiger partial charge in [-0.3, -0.25) is 4.79 Å². The maximum Gasteiger partial charge on any atom is 0.306 e. The second-order valence-electron chi connectivity index (χ2n) is 7.29. The van der Waals surface area contributed by atoms with Crippen molar-refractivity contribution in [2.45, 2.75) is 72.3 Å². The molecule has 3 heteroatoms. The van der Waals surface area contributed by atoms with Crippen LogP contribution in [-0.4, -0.2) is 18.6 Å². The summed E-state index contributed by atoms with van der Waals surface area (Å²) in [5.41, 5.74) is 6.15. The van der Waals surface area contributed by atoms with Crippen LogP contribution in [0.5, 0.6) is 0 Å². The summed E-state index contributed by atoms with van der Waals surface area (Å²) < 4.78 is 5.60. The first kappa shape index (κ1) is 16.5. The van der Waals surface area contributed by atoms with Gasteiger partial charge in [-0.15, -0.1) is 0 Å². The summed E-state index contributed by atoms with van der Waals surface area (Å²) in [7, 11) is 0. The van der Waals surface area contributed by atoms with Crippen molar-refractivity contribution in [2.75, 3.05) is 6.54 Å². The van der Waals surface area contributed by atoms with Crippen LogP contribution in [0.15, 0.2) is 0 Å². The monoisotopic (exact) mass is 269 g/mol. The fourth-order valence-corrected chi connectivity index (χ4v) is 2.89. The van der Waals surface area contributed by atoms with Gasteiger partial charge in [-0.1, -0.05) is 27.7 Å². The minimum atomic E-state index is -0.0548. The van der Waals surface area contributed by atoms with Crippen LogP contribution in [-0.2, 0) is 9.53 Å². The van der Waals surface area contributed by atoms with Gasteiger partial charge in [-0.2, -0.15) is 0 Å². The number of esters is 1.